The molecule has 1 aromatic heterocycles. The Balaban J connectivity index is 1.53. The van der Waals surface area contributed by atoms with Gasteiger partial charge in [-0.05, 0) is 42.7 Å². The first-order valence-corrected chi connectivity index (χ1v) is 12.7. The molecular formula is C28H34O7. The molecule has 188 valence electrons. The van der Waals surface area contributed by atoms with Crippen LogP contribution in [-0.2, 0) is 28.6 Å². The maximum atomic E-state index is 13.2. The summed E-state index contributed by atoms with van der Waals surface area (Å²) >= 11 is 0. The van der Waals surface area contributed by atoms with Crippen LogP contribution >= 0.6 is 0 Å². The van der Waals surface area contributed by atoms with Gasteiger partial charge >= 0.3 is 11.9 Å². The molecule has 3 heterocycles. The molecule has 0 N–H and O–H groups in total. The number of rotatable bonds is 2. The molecule has 1 saturated heterocycles. The molecule has 0 amide bonds. The quantitative estimate of drug-likeness (QED) is 0.450. The molecule has 0 unspecified atom stereocenters. The van der Waals surface area contributed by atoms with Gasteiger partial charge in [-0.25, -0.2) is 4.79 Å². The molecule has 3 saturated carbocycles. The lowest BCUT2D eigenvalue weighted by molar-refractivity contribution is -0.209. The lowest BCUT2D eigenvalue weighted by atomic mass is 9.37. The molecule has 0 bridgehead atoms. The van der Waals surface area contributed by atoms with E-state index in [9.17, 15) is 14.4 Å². The van der Waals surface area contributed by atoms with E-state index >= 15 is 0 Å². The molecule has 5 aliphatic rings. The molecular weight excluding hydrogens is 448 g/mol. The van der Waals surface area contributed by atoms with Crippen LogP contribution < -0.4 is 0 Å². The van der Waals surface area contributed by atoms with Crippen molar-refractivity contribution in [2.75, 3.05) is 0 Å². The molecule has 0 radical (unpaired) electrons. The number of carbonyl (C=O) groups is 3. The van der Waals surface area contributed by atoms with Gasteiger partial charge in [-0.15, -0.1) is 0 Å². The summed E-state index contributed by atoms with van der Waals surface area (Å²) in [6.07, 6.45) is 5.62. The SMILES string of the molecule is CC(=O)O[C@@H]1C[C@H]2C(C)(C)C(=O)[C@H]3O[C@@H]3[C@]2(C)[C@H]2CC[C@]3(C)C(=CC(=O)O[C@@H]3c3ccoc3)[C@]12C. The van der Waals surface area contributed by atoms with Gasteiger partial charge in [0.25, 0.3) is 0 Å². The first-order chi connectivity index (χ1) is 16.4. The minimum Gasteiger partial charge on any atom is -0.472 e. The fraction of sp³-hybridized carbons (Fsp3) is 0.679. The number of Topliss-reactive ketones (excluding diaryl/α,β-unsaturated/α-hetero) is 1. The molecule has 6 rings (SSSR count). The zero-order valence-electron chi connectivity index (χ0n) is 21.3. The van der Waals surface area contributed by atoms with Crippen LogP contribution in [0.15, 0.2) is 34.7 Å². The number of fused-ring (bicyclic) bond motifs is 7. The fourth-order valence-corrected chi connectivity index (χ4v) is 9.01. The van der Waals surface area contributed by atoms with Crippen LogP contribution in [0, 0.1) is 33.5 Å². The van der Waals surface area contributed by atoms with E-state index in [1.54, 1.807) is 18.6 Å². The molecule has 2 aliphatic heterocycles. The second-order valence-electron chi connectivity index (χ2n) is 12.5. The van der Waals surface area contributed by atoms with Gasteiger partial charge in [0.15, 0.2) is 5.78 Å². The summed E-state index contributed by atoms with van der Waals surface area (Å²) in [6, 6.07) is 1.85. The summed E-state index contributed by atoms with van der Waals surface area (Å²) in [7, 11) is 0. The van der Waals surface area contributed by atoms with Crippen molar-refractivity contribution in [1.29, 1.82) is 0 Å². The summed E-state index contributed by atoms with van der Waals surface area (Å²) in [4.78, 5) is 38.6. The van der Waals surface area contributed by atoms with Crippen molar-refractivity contribution in [3.63, 3.8) is 0 Å². The monoisotopic (exact) mass is 482 g/mol. The number of esters is 2. The van der Waals surface area contributed by atoms with E-state index in [4.69, 9.17) is 18.6 Å². The van der Waals surface area contributed by atoms with Crippen LogP contribution in [0.2, 0.25) is 0 Å². The van der Waals surface area contributed by atoms with Crippen molar-refractivity contribution in [3.05, 3.63) is 35.8 Å². The van der Waals surface area contributed by atoms with Gasteiger partial charge in [0.1, 0.15) is 18.3 Å². The van der Waals surface area contributed by atoms with Gasteiger partial charge in [-0.2, -0.15) is 0 Å². The topological polar surface area (TPSA) is 95.3 Å². The average Bonchev–Trinajstić information content (AvgIpc) is 3.41. The number of hydrogen-bond acceptors (Lipinski definition) is 7. The average molecular weight is 483 g/mol. The Morgan fingerprint density at radius 1 is 1.11 bits per heavy atom. The first-order valence-electron chi connectivity index (χ1n) is 12.7. The van der Waals surface area contributed by atoms with Crippen molar-refractivity contribution in [2.45, 2.75) is 85.2 Å². The van der Waals surface area contributed by atoms with Gasteiger partial charge in [0.05, 0.1) is 18.6 Å². The van der Waals surface area contributed by atoms with Gasteiger partial charge < -0.3 is 18.6 Å². The molecule has 7 nitrogen and oxygen atoms in total. The number of ether oxygens (including phenoxy) is 3. The number of carbonyl (C=O) groups excluding carboxylic acids is 3. The third-order valence-corrected chi connectivity index (χ3v) is 10.6. The summed E-state index contributed by atoms with van der Waals surface area (Å²) < 4.78 is 23.4. The lowest BCUT2D eigenvalue weighted by Gasteiger charge is -2.67. The Morgan fingerprint density at radius 3 is 2.51 bits per heavy atom. The van der Waals surface area contributed by atoms with Gasteiger partial charge in [-0.3, -0.25) is 9.59 Å². The minimum absolute atomic E-state index is 0.00107. The fourth-order valence-electron chi connectivity index (χ4n) is 9.01. The number of epoxide rings is 1. The van der Waals surface area contributed by atoms with Crippen LogP contribution in [0.25, 0.3) is 0 Å². The number of hydrogen-bond donors (Lipinski definition) is 0. The number of furan rings is 1. The minimum atomic E-state index is -0.613. The Bertz CT molecular complexity index is 1150. The van der Waals surface area contributed by atoms with Gasteiger partial charge in [-0.1, -0.05) is 34.6 Å². The van der Waals surface area contributed by atoms with Crippen LogP contribution in [0.5, 0.6) is 0 Å². The molecule has 7 heteroatoms. The second kappa shape index (κ2) is 6.87. The smallest absolute Gasteiger partial charge is 0.331 e. The second-order valence-corrected chi connectivity index (χ2v) is 12.5. The summed E-state index contributed by atoms with van der Waals surface area (Å²) in [6.45, 7) is 12.0. The van der Waals surface area contributed by atoms with Gasteiger partial charge in [0, 0.05) is 40.2 Å². The highest BCUT2D eigenvalue weighted by Crippen LogP contribution is 2.74. The maximum absolute atomic E-state index is 13.2. The first kappa shape index (κ1) is 23.0. The number of cyclic esters (lactones) is 1. The van der Waals surface area contributed by atoms with E-state index < -0.39 is 28.5 Å². The van der Waals surface area contributed by atoms with Crippen LogP contribution in [0.1, 0.15) is 72.5 Å². The van der Waals surface area contributed by atoms with Crippen molar-refractivity contribution in [2.24, 2.45) is 33.5 Å². The zero-order chi connectivity index (χ0) is 25.1. The van der Waals surface area contributed by atoms with E-state index in [1.807, 2.05) is 19.9 Å². The molecule has 35 heavy (non-hydrogen) atoms. The van der Waals surface area contributed by atoms with E-state index in [0.29, 0.717) is 6.42 Å². The Morgan fingerprint density at radius 2 is 1.86 bits per heavy atom. The number of ketones is 1. The third kappa shape index (κ3) is 2.73. The molecule has 9 atom stereocenters. The maximum Gasteiger partial charge on any atom is 0.331 e. The Labute approximate surface area is 205 Å². The molecule has 3 aliphatic carbocycles. The van der Waals surface area contributed by atoms with E-state index in [0.717, 1.165) is 24.0 Å². The van der Waals surface area contributed by atoms with E-state index in [1.165, 1.54) is 6.92 Å². The van der Waals surface area contributed by atoms with Crippen molar-refractivity contribution in [3.8, 4) is 0 Å². The Hall–Kier alpha value is -2.41. The molecule has 4 fully saturated rings. The van der Waals surface area contributed by atoms with E-state index in [2.05, 4.69) is 20.8 Å². The van der Waals surface area contributed by atoms with Crippen LogP contribution in [-0.4, -0.2) is 36.0 Å². The van der Waals surface area contributed by atoms with Crippen molar-refractivity contribution >= 4 is 17.7 Å². The van der Waals surface area contributed by atoms with Gasteiger partial charge in [0.2, 0.25) is 0 Å². The van der Waals surface area contributed by atoms with Crippen LogP contribution in [0.3, 0.4) is 0 Å². The predicted molar refractivity (Wildman–Crippen MR) is 124 cm³/mol. The highest BCUT2D eigenvalue weighted by atomic mass is 16.6. The third-order valence-electron chi connectivity index (χ3n) is 10.6. The predicted octanol–water partition coefficient (Wildman–Crippen LogP) is 4.56. The molecule has 0 aromatic carbocycles. The largest absolute Gasteiger partial charge is 0.472 e. The molecule has 1 aromatic rings. The highest BCUT2D eigenvalue weighted by Gasteiger charge is 2.77. The Kier molecular flexibility index (Phi) is 4.52. The normalized spacial score (nSPS) is 47.3. The lowest BCUT2D eigenvalue weighted by Crippen LogP contribution is -2.68. The van der Waals surface area contributed by atoms with Crippen molar-refractivity contribution < 1.29 is 33.0 Å². The molecule has 0 spiro atoms. The summed E-state index contributed by atoms with van der Waals surface area (Å²) in [5.41, 5.74) is -0.171. The van der Waals surface area contributed by atoms with E-state index in [-0.39, 0.29) is 47.2 Å². The van der Waals surface area contributed by atoms with Crippen LogP contribution in [0.4, 0.5) is 0 Å². The van der Waals surface area contributed by atoms with Crippen molar-refractivity contribution in [1.82, 2.24) is 0 Å². The zero-order valence-corrected chi connectivity index (χ0v) is 21.3. The summed E-state index contributed by atoms with van der Waals surface area (Å²) in [5.74, 6) is -0.526. The highest BCUT2D eigenvalue weighted by molar-refractivity contribution is 5.93. The standard InChI is InChI=1S/C28H34O7/c1-14(29)33-19-11-17-25(2,3)22(31)21-24(35-21)28(17,6)16-7-9-26(4)18(27(16,19)5)12-20(30)34-23(26)15-8-10-32-13-15/h8,10,12-13,16-17,19,21,23-24H,7,9,11H2,1-6H3/t16-,17-,19+,21+,23+,24-,26+,27+,28+/m0/s1. The summed E-state index contributed by atoms with van der Waals surface area (Å²) in [5, 5.41) is 0.